The minimum absolute atomic E-state index is 0.887. The number of aromatic nitrogens is 1. The van der Waals surface area contributed by atoms with Crippen molar-refractivity contribution in [2.24, 2.45) is 0 Å². The van der Waals surface area contributed by atoms with E-state index in [4.69, 9.17) is 4.74 Å². The van der Waals surface area contributed by atoms with E-state index >= 15 is 0 Å². The normalized spacial score (nSPS) is 14.9. The topological polar surface area (TPSA) is 17.4 Å². The van der Waals surface area contributed by atoms with Gasteiger partial charge >= 0.3 is 0 Å². The zero-order chi connectivity index (χ0) is 20.2. The van der Waals surface area contributed by atoms with Gasteiger partial charge in [-0.3, -0.25) is 4.90 Å². The Hall–Kier alpha value is -2.17. The predicted molar refractivity (Wildman–Crippen MR) is 124 cm³/mol. The second-order valence-corrected chi connectivity index (χ2v) is 8.84. The zero-order valence-corrected chi connectivity index (χ0v) is 18.5. The summed E-state index contributed by atoms with van der Waals surface area (Å²) >= 11 is 2.06. The highest BCUT2D eigenvalue weighted by Crippen LogP contribution is 2.31. The maximum atomic E-state index is 5.36. The van der Waals surface area contributed by atoms with Crippen molar-refractivity contribution in [1.82, 2.24) is 9.47 Å². The van der Waals surface area contributed by atoms with Gasteiger partial charge in [0.25, 0.3) is 0 Å². The van der Waals surface area contributed by atoms with E-state index in [0.29, 0.717) is 0 Å². The highest BCUT2D eigenvalue weighted by molar-refractivity contribution is 7.99. The molecule has 2 aromatic carbocycles. The molecule has 0 spiro atoms. The van der Waals surface area contributed by atoms with Crippen LogP contribution in [0.15, 0.2) is 54.6 Å². The first-order valence-electron chi connectivity index (χ1n) is 10.4. The van der Waals surface area contributed by atoms with Gasteiger partial charge in [-0.2, -0.15) is 11.8 Å². The summed E-state index contributed by atoms with van der Waals surface area (Å²) in [6.45, 7) is 7.84. The number of nitrogens with zero attached hydrogens (tertiary/aromatic N) is 2. The third kappa shape index (κ3) is 4.39. The maximum absolute atomic E-state index is 5.36. The van der Waals surface area contributed by atoms with Crippen molar-refractivity contribution >= 4 is 11.8 Å². The summed E-state index contributed by atoms with van der Waals surface area (Å²) in [6, 6.07) is 19.8. The first kappa shape index (κ1) is 20.1. The van der Waals surface area contributed by atoms with Crippen LogP contribution in [0.3, 0.4) is 0 Å². The number of thioether (sulfide) groups is 1. The molecule has 1 saturated heterocycles. The molecule has 0 bridgehead atoms. The fourth-order valence-corrected chi connectivity index (χ4v) is 4.98. The molecule has 1 aliphatic rings. The van der Waals surface area contributed by atoms with E-state index in [9.17, 15) is 0 Å². The van der Waals surface area contributed by atoms with Crippen LogP contribution >= 0.6 is 11.8 Å². The second-order valence-electron chi connectivity index (χ2n) is 7.61. The molecule has 0 amide bonds. The number of methoxy groups -OCH3 is 1. The summed E-state index contributed by atoms with van der Waals surface area (Å²) in [5.74, 6) is 3.37. The Bertz CT molecular complexity index is 938. The number of hydrogen-bond donors (Lipinski definition) is 0. The molecule has 4 heteroatoms. The van der Waals surface area contributed by atoms with Gasteiger partial charge in [0.15, 0.2) is 0 Å². The van der Waals surface area contributed by atoms with Crippen LogP contribution in [-0.4, -0.2) is 41.2 Å². The number of rotatable bonds is 6. The van der Waals surface area contributed by atoms with Gasteiger partial charge in [0.1, 0.15) is 5.75 Å². The van der Waals surface area contributed by atoms with Crippen molar-refractivity contribution in [3.8, 4) is 22.7 Å². The lowest BCUT2D eigenvalue weighted by Crippen LogP contribution is -2.32. The van der Waals surface area contributed by atoms with Crippen LogP contribution in [0.4, 0.5) is 0 Å². The van der Waals surface area contributed by atoms with Gasteiger partial charge < -0.3 is 9.30 Å². The fraction of sp³-hybridized carbons (Fsp3) is 0.360. The first-order chi connectivity index (χ1) is 14.2. The third-order valence-corrected chi connectivity index (χ3v) is 6.78. The lowest BCUT2D eigenvalue weighted by atomic mass is 10.1. The van der Waals surface area contributed by atoms with Crippen LogP contribution in [0.1, 0.15) is 23.7 Å². The molecule has 0 atom stereocenters. The standard InChI is InChI=1S/C25H30N2OS/c1-4-20-5-7-21(8-6-20)25-17-22(18-26-13-15-29-16-14-26)19(2)27(25)23-9-11-24(28-3)12-10-23/h5-12,17H,4,13-16,18H2,1-3H3. The van der Waals surface area contributed by atoms with Crippen LogP contribution in [0.5, 0.6) is 5.75 Å². The van der Waals surface area contributed by atoms with Gasteiger partial charge in [-0.05, 0) is 60.4 Å². The molecule has 152 valence electrons. The number of aryl methyl sites for hydroxylation is 1. The Morgan fingerprint density at radius 2 is 1.66 bits per heavy atom. The molecule has 0 N–H and O–H groups in total. The number of ether oxygens (including phenoxy) is 1. The smallest absolute Gasteiger partial charge is 0.119 e. The quantitative estimate of drug-likeness (QED) is 0.533. The molecule has 1 aliphatic heterocycles. The molecule has 0 radical (unpaired) electrons. The van der Waals surface area contributed by atoms with Crippen LogP contribution in [0.25, 0.3) is 16.9 Å². The van der Waals surface area contributed by atoms with Crippen molar-refractivity contribution in [3.05, 3.63) is 71.4 Å². The Labute approximate surface area is 178 Å². The molecule has 3 nitrogen and oxygen atoms in total. The fourth-order valence-electron chi connectivity index (χ4n) is 4.01. The molecule has 4 rings (SSSR count). The average Bonchev–Trinajstić information content (AvgIpc) is 3.10. The molecular formula is C25H30N2OS. The van der Waals surface area contributed by atoms with Gasteiger partial charge in [0.2, 0.25) is 0 Å². The lowest BCUT2D eigenvalue weighted by molar-refractivity contribution is 0.294. The van der Waals surface area contributed by atoms with E-state index in [1.54, 1.807) is 7.11 Å². The van der Waals surface area contributed by atoms with Crippen molar-refractivity contribution in [2.75, 3.05) is 31.7 Å². The zero-order valence-electron chi connectivity index (χ0n) is 17.6. The highest BCUT2D eigenvalue weighted by Gasteiger charge is 2.18. The molecule has 0 unspecified atom stereocenters. The summed E-state index contributed by atoms with van der Waals surface area (Å²) in [6.07, 6.45) is 1.07. The SMILES string of the molecule is CCc1ccc(-c2cc(CN3CCSCC3)c(C)n2-c2ccc(OC)cc2)cc1. The van der Waals surface area contributed by atoms with Crippen molar-refractivity contribution < 1.29 is 4.74 Å². The predicted octanol–water partition coefficient (Wildman–Crippen LogP) is 5.57. The first-order valence-corrected chi connectivity index (χ1v) is 11.6. The molecule has 0 saturated carbocycles. The average molecular weight is 407 g/mol. The summed E-state index contributed by atoms with van der Waals surface area (Å²) in [7, 11) is 1.71. The summed E-state index contributed by atoms with van der Waals surface area (Å²) in [5.41, 5.74) is 7.82. The molecule has 2 heterocycles. The van der Waals surface area contributed by atoms with Crippen molar-refractivity contribution in [1.29, 1.82) is 0 Å². The Kier molecular flexibility index (Phi) is 6.31. The highest BCUT2D eigenvalue weighted by atomic mass is 32.2. The minimum Gasteiger partial charge on any atom is -0.497 e. The van der Waals surface area contributed by atoms with Gasteiger partial charge in [-0.1, -0.05) is 31.2 Å². The minimum atomic E-state index is 0.887. The van der Waals surface area contributed by atoms with E-state index in [1.165, 1.54) is 58.4 Å². The molecule has 3 aromatic rings. The number of benzene rings is 2. The van der Waals surface area contributed by atoms with Gasteiger partial charge in [0.05, 0.1) is 12.8 Å². The van der Waals surface area contributed by atoms with Crippen LogP contribution < -0.4 is 4.74 Å². The van der Waals surface area contributed by atoms with Gasteiger partial charge in [-0.25, -0.2) is 0 Å². The maximum Gasteiger partial charge on any atom is 0.119 e. The van der Waals surface area contributed by atoms with E-state index in [-0.39, 0.29) is 0 Å². The second kappa shape index (κ2) is 9.10. The molecular weight excluding hydrogens is 376 g/mol. The third-order valence-electron chi connectivity index (χ3n) is 5.84. The largest absolute Gasteiger partial charge is 0.497 e. The molecule has 0 aliphatic carbocycles. The molecule has 29 heavy (non-hydrogen) atoms. The van der Waals surface area contributed by atoms with Crippen molar-refractivity contribution in [2.45, 2.75) is 26.8 Å². The summed E-state index contributed by atoms with van der Waals surface area (Å²) < 4.78 is 7.76. The van der Waals surface area contributed by atoms with Gasteiger partial charge in [0, 0.05) is 42.5 Å². The van der Waals surface area contributed by atoms with Gasteiger partial charge in [-0.15, -0.1) is 0 Å². The van der Waals surface area contributed by atoms with Crippen LogP contribution in [-0.2, 0) is 13.0 Å². The van der Waals surface area contributed by atoms with Crippen molar-refractivity contribution in [3.63, 3.8) is 0 Å². The van der Waals surface area contributed by atoms with E-state index in [1.807, 2.05) is 12.1 Å². The summed E-state index contributed by atoms with van der Waals surface area (Å²) in [4.78, 5) is 2.58. The van der Waals surface area contributed by atoms with Crippen LogP contribution in [0.2, 0.25) is 0 Å². The molecule has 1 fully saturated rings. The van der Waals surface area contributed by atoms with E-state index in [0.717, 1.165) is 18.7 Å². The Morgan fingerprint density at radius 1 is 0.966 bits per heavy atom. The molecule has 1 aromatic heterocycles. The van der Waals surface area contributed by atoms with E-state index < -0.39 is 0 Å². The number of hydrogen-bond acceptors (Lipinski definition) is 3. The Morgan fingerprint density at radius 3 is 2.28 bits per heavy atom. The van der Waals surface area contributed by atoms with E-state index in [2.05, 4.69) is 77.5 Å². The summed E-state index contributed by atoms with van der Waals surface area (Å²) in [5, 5.41) is 0. The van der Waals surface area contributed by atoms with Crippen LogP contribution in [0, 0.1) is 6.92 Å². The monoisotopic (exact) mass is 406 g/mol. The lowest BCUT2D eigenvalue weighted by Gasteiger charge is -2.26. The Balaban J connectivity index is 1.76.